The highest BCUT2D eigenvalue weighted by Crippen LogP contribution is 2.11. The number of ether oxygens (including phenoxy) is 1. The lowest BCUT2D eigenvalue weighted by Crippen LogP contribution is -2.37. The van der Waals surface area contributed by atoms with E-state index in [1.165, 1.54) is 25.0 Å². The average Bonchev–Trinajstić information content (AvgIpc) is 2.39. The molecule has 4 heteroatoms. The standard InChI is InChI=1S/C14H17FN2O/c15-13-6-11(8-16)5-12(7-13)9-18-10-14-3-1-2-4-17-14/h5-7,14,17H,1-4,9-10H2. The topological polar surface area (TPSA) is 45.0 Å². The molecule has 1 unspecified atom stereocenters. The summed E-state index contributed by atoms with van der Waals surface area (Å²) in [5, 5.41) is 12.1. The van der Waals surface area contributed by atoms with Crippen LogP contribution < -0.4 is 5.32 Å². The van der Waals surface area contributed by atoms with Crippen LogP contribution in [0.3, 0.4) is 0 Å². The van der Waals surface area contributed by atoms with Crippen LogP contribution in [0.2, 0.25) is 0 Å². The molecular formula is C14H17FN2O. The van der Waals surface area contributed by atoms with Crippen LogP contribution in [0.25, 0.3) is 0 Å². The van der Waals surface area contributed by atoms with Gasteiger partial charge in [0, 0.05) is 6.04 Å². The molecule has 0 spiro atoms. The summed E-state index contributed by atoms with van der Waals surface area (Å²) in [5.41, 5.74) is 1.05. The maximum atomic E-state index is 13.2. The van der Waals surface area contributed by atoms with Gasteiger partial charge in [-0.05, 0) is 43.1 Å². The Hall–Kier alpha value is -1.44. The molecule has 1 saturated heterocycles. The number of halogens is 1. The summed E-state index contributed by atoms with van der Waals surface area (Å²) < 4.78 is 18.8. The van der Waals surface area contributed by atoms with Crippen LogP contribution in [0.5, 0.6) is 0 Å². The van der Waals surface area contributed by atoms with Gasteiger partial charge in [0.05, 0.1) is 24.8 Å². The summed E-state index contributed by atoms with van der Waals surface area (Å²) in [5.74, 6) is -0.386. The van der Waals surface area contributed by atoms with E-state index in [1.807, 2.05) is 6.07 Å². The van der Waals surface area contributed by atoms with E-state index in [0.717, 1.165) is 13.0 Å². The van der Waals surface area contributed by atoms with E-state index in [1.54, 1.807) is 6.07 Å². The number of nitrogens with zero attached hydrogens (tertiary/aromatic N) is 1. The van der Waals surface area contributed by atoms with Crippen molar-refractivity contribution in [3.8, 4) is 6.07 Å². The minimum atomic E-state index is -0.386. The fourth-order valence-corrected chi connectivity index (χ4v) is 2.18. The zero-order valence-corrected chi connectivity index (χ0v) is 10.3. The number of rotatable bonds is 4. The lowest BCUT2D eigenvalue weighted by atomic mass is 10.1. The number of hydrogen-bond donors (Lipinski definition) is 1. The molecule has 0 radical (unpaired) electrons. The molecule has 0 saturated carbocycles. The van der Waals surface area contributed by atoms with Gasteiger partial charge < -0.3 is 10.1 Å². The van der Waals surface area contributed by atoms with Gasteiger partial charge in [-0.1, -0.05) is 6.42 Å². The largest absolute Gasteiger partial charge is 0.375 e. The minimum absolute atomic E-state index is 0.337. The monoisotopic (exact) mass is 248 g/mol. The molecule has 0 amide bonds. The van der Waals surface area contributed by atoms with Crippen LogP contribution in [-0.2, 0) is 11.3 Å². The van der Waals surface area contributed by atoms with E-state index in [0.29, 0.717) is 30.4 Å². The molecule has 1 fully saturated rings. The molecule has 3 nitrogen and oxygen atoms in total. The molecule has 18 heavy (non-hydrogen) atoms. The Kier molecular flexibility index (Phi) is 4.68. The van der Waals surface area contributed by atoms with E-state index >= 15 is 0 Å². The quantitative estimate of drug-likeness (QED) is 0.889. The molecule has 96 valence electrons. The van der Waals surface area contributed by atoms with Gasteiger partial charge in [-0.25, -0.2) is 4.39 Å². The lowest BCUT2D eigenvalue weighted by molar-refractivity contribution is 0.0910. The Morgan fingerprint density at radius 1 is 1.39 bits per heavy atom. The molecule has 1 aliphatic rings. The Bertz CT molecular complexity index is 436. The van der Waals surface area contributed by atoms with Crippen LogP contribution in [0, 0.1) is 17.1 Å². The van der Waals surface area contributed by atoms with Crippen LogP contribution in [0.1, 0.15) is 30.4 Å². The van der Waals surface area contributed by atoms with Crippen molar-refractivity contribution in [1.82, 2.24) is 5.32 Å². The third-order valence-electron chi connectivity index (χ3n) is 3.09. The molecule has 0 aromatic heterocycles. The van der Waals surface area contributed by atoms with Gasteiger partial charge in [0.25, 0.3) is 0 Å². The van der Waals surface area contributed by atoms with Gasteiger partial charge in [-0.3, -0.25) is 0 Å². The highest BCUT2D eigenvalue weighted by atomic mass is 19.1. The molecule has 2 rings (SSSR count). The zero-order chi connectivity index (χ0) is 12.8. The number of benzene rings is 1. The third kappa shape index (κ3) is 3.80. The van der Waals surface area contributed by atoms with Crippen molar-refractivity contribution in [2.24, 2.45) is 0 Å². The first-order valence-corrected chi connectivity index (χ1v) is 6.28. The first-order chi connectivity index (χ1) is 8.78. The van der Waals surface area contributed by atoms with Crippen molar-refractivity contribution in [1.29, 1.82) is 5.26 Å². The van der Waals surface area contributed by atoms with E-state index in [-0.39, 0.29) is 5.82 Å². The third-order valence-corrected chi connectivity index (χ3v) is 3.09. The van der Waals surface area contributed by atoms with Crippen molar-refractivity contribution in [3.05, 3.63) is 35.1 Å². The second kappa shape index (κ2) is 6.48. The van der Waals surface area contributed by atoms with E-state index in [4.69, 9.17) is 10.00 Å². The van der Waals surface area contributed by atoms with Gasteiger partial charge in [0.15, 0.2) is 0 Å². The van der Waals surface area contributed by atoms with Gasteiger partial charge in [0.2, 0.25) is 0 Å². The highest BCUT2D eigenvalue weighted by molar-refractivity contribution is 5.33. The molecule has 1 N–H and O–H groups in total. The van der Waals surface area contributed by atoms with Crippen LogP contribution in [0.4, 0.5) is 4.39 Å². The summed E-state index contributed by atoms with van der Waals surface area (Å²) in [6, 6.07) is 6.65. The summed E-state index contributed by atoms with van der Waals surface area (Å²) in [7, 11) is 0. The predicted molar refractivity (Wildman–Crippen MR) is 66.4 cm³/mol. The van der Waals surface area contributed by atoms with Gasteiger partial charge in [0.1, 0.15) is 5.82 Å². The number of nitriles is 1. The minimum Gasteiger partial charge on any atom is -0.375 e. The number of nitrogens with one attached hydrogen (secondary N) is 1. The summed E-state index contributed by atoms with van der Waals surface area (Å²) in [6.07, 6.45) is 3.60. The van der Waals surface area contributed by atoms with E-state index in [2.05, 4.69) is 5.32 Å². The first-order valence-electron chi connectivity index (χ1n) is 6.28. The lowest BCUT2D eigenvalue weighted by Gasteiger charge is -2.23. The normalized spacial score (nSPS) is 19.4. The highest BCUT2D eigenvalue weighted by Gasteiger charge is 2.12. The van der Waals surface area contributed by atoms with E-state index in [9.17, 15) is 4.39 Å². The molecule has 0 bridgehead atoms. The van der Waals surface area contributed by atoms with Crippen LogP contribution in [-0.4, -0.2) is 19.2 Å². The van der Waals surface area contributed by atoms with Gasteiger partial charge in [-0.2, -0.15) is 5.26 Å². The molecule has 1 aliphatic heterocycles. The molecular weight excluding hydrogens is 231 g/mol. The number of hydrogen-bond acceptors (Lipinski definition) is 3. The van der Waals surface area contributed by atoms with Gasteiger partial charge in [-0.15, -0.1) is 0 Å². The van der Waals surface area contributed by atoms with Crippen molar-refractivity contribution >= 4 is 0 Å². The summed E-state index contributed by atoms with van der Waals surface area (Å²) in [4.78, 5) is 0. The van der Waals surface area contributed by atoms with Crippen molar-refractivity contribution in [2.45, 2.75) is 31.9 Å². The van der Waals surface area contributed by atoms with Crippen molar-refractivity contribution in [2.75, 3.05) is 13.2 Å². The molecule has 0 aliphatic carbocycles. The van der Waals surface area contributed by atoms with Gasteiger partial charge >= 0.3 is 0 Å². The first kappa shape index (κ1) is 13.0. The predicted octanol–water partition coefficient (Wildman–Crippen LogP) is 2.36. The SMILES string of the molecule is N#Cc1cc(F)cc(COCC2CCCCN2)c1. The van der Waals surface area contributed by atoms with Crippen molar-refractivity contribution in [3.63, 3.8) is 0 Å². The Labute approximate surface area is 107 Å². The maximum Gasteiger partial charge on any atom is 0.124 e. The fraction of sp³-hybridized carbons (Fsp3) is 0.500. The zero-order valence-electron chi connectivity index (χ0n) is 10.3. The molecule has 1 heterocycles. The Morgan fingerprint density at radius 2 is 2.28 bits per heavy atom. The Morgan fingerprint density at radius 3 is 3.00 bits per heavy atom. The Balaban J connectivity index is 1.82. The summed E-state index contributed by atoms with van der Waals surface area (Å²) in [6.45, 7) is 2.04. The summed E-state index contributed by atoms with van der Waals surface area (Å²) >= 11 is 0. The average molecular weight is 248 g/mol. The second-order valence-electron chi connectivity index (χ2n) is 4.62. The number of piperidine rings is 1. The molecule has 1 aromatic carbocycles. The van der Waals surface area contributed by atoms with Crippen LogP contribution in [0.15, 0.2) is 18.2 Å². The fourth-order valence-electron chi connectivity index (χ4n) is 2.18. The van der Waals surface area contributed by atoms with Crippen molar-refractivity contribution < 1.29 is 9.13 Å². The molecule has 1 atom stereocenters. The molecule has 1 aromatic rings. The van der Waals surface area contributed by atoms with Crippen LogP contribution >= 0.6 is 0 Å². The maximum absolute atomic E-state index is 13.2. The smallest absolute Gasteiger partial charge is 0.124 e. The van der Waals surface area contributed by atoms with E-state index < -0.39 is 0 Å². The second-order valence-corrected chi connectivity index (χ2v) is 4.62.